The number of rotatable bonds is 6. The fraction of sp³-hybridized carbons (Fsp3) is 0.440. The Morgan fingerprint density at radius 3 is 2.55 bits per heavy atom. The third-order valence-electron chi connectivity index (χ3n) is 6.36. The molecule has 1 atom stereocenters. The molecule has 2 aliphatic rings. The minimum atomic E-state index is -0.951. The number of methoxy groups -OCH3 is 1. The van der Waals surface area contributed by atoms with Gasteiger partial charge in [-0.3, -0.25) is 14.2 Å². The maximum Gasteiger partial charge on any atom is 0.262 e. The third-order valence-corrected chi connectivity index (χ3v) is 7.03. The molecule has 1 aliphatic heterocycles. The van der Waals surface area contributed by atoms with Crippen molar-refractivity contribution in [2.45, 2.75) is 37.7 Å². The number of hydrogen-bond donors (Lipinski definition) is 0. The molecule has 0 spiro atoms. The van der Waals surface area contributed by atoms with E-state index in [1.807, 2.05) is 24.0 Å². The molecular formula is C25H28Cl2N2O4. The van der Waals surface area contributed by atoms with Gasteiger partial charge in [0.15, 0.2) is 5.06 Å². The summed E-state index contributed by atoms with van der Waals surface area (Å²) in [4.78, 5) is 27.9. The highest BCUT2D eigenvalue weighted by Crippen LogP contribution is 2.26. The molecule has 0 radical (unpaired) electrons. The summed E-state index contributed by atoms with van der Waals surface area (Å²) >= 11 is 12.6. The van der Waals surface area contributed by atoms with Crippen molar-refractivity contribution in [2.24, 2.45) is 0 Å². The molecule has 176 valence electrons. The lowest BCUT2D eigenvalue weighted by Gasteiger charge is -2.26. The van der Waals surface area contributed by atoms with Crippen molar-refractivity contribution in [3.63, 3.8) is 0 Å². The smallest absolute Gasteiger partial charge is 0.262 e. The highest BCUT2D eigenvalue weighted by Gasteiger charge is 2.29. The van der Waals surface area contributed by atoms with Crippen LogP contribution in [0, 0.1) is 6.92 Å². The molecule has 1 fully saturated rings. The number of benzene rings is 1. The van der Waals surface area contributed by atoms with Crippen molar-refractivity contribution in [1.29, 1.82) is 0 Å². The van der Waals surface area contributed by atoms with Gasteiger partial charge in [-0.2, -0.15) is 0 Å². The number of nitrogens with zero attached hydrogens (tertiary/aromatic N) is 2. The molecule has 8 heteroatoms. The number of carbonyl (C=O) groups is 2. The van der Waals surface area contributed by atoms with Crippen LogP contribution in [0.2, 0.25) is 5.02 Å². The Bertz CT molecular complexity index is 1170. The summed E-state index contributed by atoms with van der Waals surface area (Å²) < 4.78 is 12.6. The first-order valence-electron chi connectivity index (χ1n) is 11.2. The summed E-state index contributed by atoms with van der Waals surface area (Å²) in [5.74, 6) is 0.0146. The van der Waals surface area contributed by atoms with Crippen LogP contribution < -0.4 is 10.6 Å². The van der Waals surface area contributed by atoms with E-state index in [2.05, 4.69) is 0 Å². The molecule has 1 aromatic carbocycles. The number of morpholine rings is 1. The first-order valence-corrected chi connectivity index (χ1v) is 11.9. The Hall–Kier alpha value is -2.12. The molecule has 1 saturated heterocycles. The zero-order valence-electron chi connectivity index (χ0n) is 18.9. The number of fused-ring (bicyclic) bond motifs is 1. The second-order valence-electron chi connectivity index (χ2n) is 8.40. The van der Waals surface area contributed by atoms with Crippen molar-refractivity contribution >= 4 is 47.2 Å². The van der Waals surface area contributed by atoms with Gasteiger partial charge in [-0.05, 0) is 55.7 Å². The predicted octanol–water partition coefficient (Wildman–Crippen LogP) is 2.87. The Labute approximate surface area is 203 Å². The maximum atomic E-state index is 13.4. The number of amides is 1. The minimum absolute atomic E-state index is 0.125. The van der Waals surface area contributed by atoms with Crippen LogP contribution in [-0.2, 0) is 20.7 Å². The van der Waals surface area contributed by atoms with E-state index in [-0.39, 0.29) is 11.8 Å². The van der Waals surface area contributed by atoms with E-state index in [9.17, 15) is 9.59 Å². The van der Waals surface area contributed by atoms with Crippen LogP contribution >= 0.6 is 23.2 Å². The van der Waals surface area contributed by atoms with E-state index in [0.29, 0.717) is 62.6 Å². The number of halogens is 2. The van der Waals surface area contributed by atoms with E-state index < -0.39 is 5.06 Å². The number of aromatic nitrogens is 1. The lowest BCUT2D eigenvalue weighted by molar-refractivity contribution is -0.135. The highest BCUT2D eigenvalue weighted by molar-refractivity contribution is 6.30. The number of carbonyl (C=O) groups excluding carboxylic acids is 2. The summed E-state index contributed by atoms with van der Waals surface area (Å²) in [5, 5.41) is 1.34. The van der Waals surface area contributed by atoms with Crippen molar-refractivity contribution in [3.05, 3.63) is 56.7 Å². The monoisotopic (exact) mass is 490 g/mol. The summed E-state index contributed by atoms with van der Waals surface area (Å²) in [6, 6.07) is 6.88. The summed E-state index contributed by atoms with van der Waals surface area (Å²) in [6.07, 6.45) is 6.08. The Morgan fingerprint density at radius 1 is 1.18 bits per heavy atom. The standard InChI is InChI=1S/C25H28Cl2N2O4/c1-17-20(4-3-5-23(30)28-12-14-33-15-13-28)21-16-25(27,32-2)11-10-22(21)29(17)24(31)18-6-8-19(26)9-7-18/h6-10,16H,3-5,11-15H2,1-2H3. The van der Waals surface area contributed by atoms with Gasteiger partial charge in [0.05, 0.1) is 18.6 Å². The Kier molecular flexibility index (Phi) is 7.29. The normalized spacial score (nSPS) is 20.1. The zero-order valence-corrected chi connectivity index (χ0v) is 20.4. The fourth-order valence-corrected chi connectivity index (χ4v) is 4.80. The van der Waals surface area contributed by atoms with Crippen molar-refractivity contribution in [1.82, 2.24) is 9.47 Å². The number of ether oxygens (including phenoxy) is 2. The van der Waals surface area contributed by atoms with Crippen LogP contribution in [0.15, 0.2) is 24.3 Å². The molecular weight excluding hydrogens is 463 g/mol. The van der Waals surface area contributed by atoms with E-state index in [4.69, 9.17) is 32.7 Å². The number of alkyl halides is 1. The van der Waals surface area contributed by atoms with Crippen molar-refractivity contribution in [2.75, 3.05) is 33.4 Å². The van der Waals surface area contributed by atoms with Crippen LogP contribution in [0.5, 0.6) is 0 Å². The van der Waals surface area contributed by atoms with E-state index >= 15 is 0 Å². The van der Waals surface area contributed by atoms with Gasteiger partial charge in [0.2, 0.25) is 5.91 Å². The Balaban J connectivity index is 1.65. The third kappa shape index (κ3) is 5.04. The molecule has 1 unspecified atom stereocenters. The van der Waals surface area contributed by atoms with Crippen molar-refractivity contribution < 1.29 is 19.1 Å². The van der Waals surface area contributed by atoms with Crippen LogP contribution in [0.4, 0.5) is 0 Å². The van der Waals surface area contributed by atoms with Gasteiger partial charge in [-0.15, -0.1) is 0 Å². The molecule has 4 rings (SSSR count). The predicted molar refractivity (Wildman–Crippen MR) is 129 cm³/mol. The average molecular weight is 491 g/mol. The van der Waals surface area contributed by atoms with E-state index in [1.54, 1.807) is 35.9 Å². The second-order valence-corrected chi connectivity index (χ2v) is 9.48. The lowest BCUT2D eigenvalue weighted by Crippen LogP contribution is -2.41. The molecule has 33 heavy (non-hydrogen) atoms. The zero-order chi connectivity index (χ0) is 23.6. The fourth-order valence-electron chi connectivity index (χ4n) is 4.49. The SMILES string of the molecule is COC1(Cl)C=c2c(CCCC(=O)N3CCOCC3)c(C)n(C(=O)c3ccc(Cl)cc3)c2=CC1. The lowest BCUT2D eigenvalue weighted by atomic mass is 10.0. The largest absolute Gasteiger partial charge is 0.378 e. The van der Waals surface area contributed by atoms with Crippen LogP contribution in [-0.4, -0.2) is 59.8 Å². The molecule has 1 amide bonds. The summed E-state index contributed by atoms with van der Waals surface area (Å²) in [6.45, 7) is 4.41. The molecule has 2 aromatic rings. The molecule has 0 bridgehead atoms. The van der Waals surface area contributed by atoms with E-state index in [0.717, 1.165) is 21.8 Å². The topological polar surface area (TPSA) is 60.8 Å². The van der Waals surface area contributed by atoms with Crippen LogP contribution in [0.1, 0.15) is 40.9 Å². The first-order chi connectivity index (χ1) is 15.8. The molecule has 2 heterocycles. The summed E-state index contributed by atoms with van der Waals surface area (Å²) in [5.41, 5.74) is 2.42. The van der Waals surface area contributed by atoms with Crippen LogP contribution in [0.3, 0.4) is 0 Å². The average Bonchev–Trinajstić information content (AvgIpc) is 3.10. The highest BCUT2D eigenvalue weighted by atomic mass is 35.5. The quantitative estimate of drug-likeness (QED) is 0.584. The second kappa shape index (κ2) is 10.0. The molecule has 1 aliphatic carbocycles. The number of hydrogen-bond acceptors (Lipinski definition) is 4. The molecule has 0 N–H and O–H groups in total. The molecule has 1 aromatic heterocycles. The van der Waals surface area contributed by atoms with Gasteiger partial charge in [-0.25, -0.2) is 0 Å². The van der Waals surface area contributed by atoms with Crippen LogP contribution in [0.25, 0.3) is 12.2 Å². The van der Waals surface area contributed by atoms with Crippen molar-refractivity contribution in [3.8, 4) is 0 Å². The van der Waals surface area contributed by atoms with Gasteiger partial charge in [-0.1, -0.05) is 29.3 Å². The Morgan fingerprint density at radius 2 is 1.88 bits per heavy atom. The first kappa shape index (κ1) is 24.0. The van der Waals surface area contributed by atoms with E-state index in [1.165, 1.54) is 0 Å². The van der Waals surface area contributed by atoms with Gasteiger partial charge < -0.3 is 14.4 Å². The molecule has 6 nitrogen and oxygen atoms in total. The summed E-state index contributed by atoms with van der Waals surface area (Å²) in [7, 11) is 1.58. The van der Waals surface area contributed by atoms with Gasteiger partial charge in [0, 0.05) is 54.5 Å². The molecule has 0 saturated carbocycles. The van der Waals surface area contributed by atoms with Gasteiger partial charge in [0.25, 0.3) is 5.91 Å². The minimum Gasteiger partial charge on any atom is -0.378 e. The van der Waals surface area contributed by atoms with Gasteiger partial charge in [0.1, 0.15) is 0 Å². The van der Waals surface area contributed by atoms with Gasteiger partial charge >= 0.3 is 0 Å². The maximum absolute atomic E-state index is 13.4.